The van der Waals surface area contributed by atoms with Crippen LogP contribution in [0.25, 0.3) is 0 Å². The Balaban J connectivity index is 1.25. The first-order valence-electron chi connectivity index (χ1n) is 16.5. The maximum atomic E-state index is 14.1. The van der Waals surface area contributed by atoms with Gasteiger partial charge in [0.1, 0.15) is 12.4 Å². The molecule has 0 unspecified atom stereocenters. The molecule has 14 nitrogen and oxygen atoms in total. The van der Waals surface area contributed by atoms with Gasteiger partial charge in [0, 0.05) is 16.7 Å². The van der Waals surface area contributed by atoms with E-state index >= 15 is 0 Å². The van der Waals surface area contributed by atoms with Crippen molar-refractivity contribution in [2.75, 3.05) is 13.2 Å². The number of carbonyl (C=O) groups excluding carboxylic acids is 5. The Hall–Kier alpha value is -4.59. The highest BCUT2D eigenvalue weighted by Gasteiger charge is 2.70. The van der Waals surface area contributed by atoms with Crippen molar-refractivity contribution >= 4 is 29.7 Å². The number of fused-ring (bicyclic) bond motifs is 5. The molecule has 4 aliphatic carbocycles. The van der Waals surface area contributed by atoms with E-state index in [1.165, 1.54) is 18.2 Å². The van der Waals surface area contributed by atoms with E-state index in [0.717, 1.165) is 5.57 Å². The van der Waals surface area contributed by atoms with Crippen LogP contribution in [-0.2, 0) is 44.8 Å². The molecule has 5 rings (SSSR count). The van der Waals surface area contributed by atoms with Gasteiger partial charge in [-0.05, 0) is 80.7 Å². The second kappa shape index (κ2) is 14.1. The van der Waals surface area contributed by atoms with Crippen LogP contribution in [0.2, 0.25) is 0 Å². The maximum absolute atomic E-state index is 14.1. The number of allylic oxidation sites excluding steroid dienone is 4. The number of ether oxygens (including phenoxy) is 4. The molecule has 1 aromatic carbocycles. The van der Waals surface area contributed by atoms with E-state index in [1.807, 2.05) is 19.9 Å². The second-order valence-corrected chi connectivity index (χ2v) is 13.6. The highest BCUT2D eigenvalue weighted by atomic mass is 16.9. The molecule has 0 aliphatic heterocycles. The molecule has 0 amide bonds. The number of benzene rings is 1. The van der Waals surface area contributed by atoms with Crippen molar-refractivity contribution in [1.29, 1.82) is 0 Å². The standard InChI is InChI=1S/C35H41NO13/c1-4-45-32(42)49-35(28(39)20-46-29(40)10-11-30(41)48-24-7-5-6-21(16-24)19-47-36(43)44)15-13-26-25-9-8-22-17-23(37)12-14-33(22,2)31(25)27(38)18-34(26,35)3/h5-7,12,14,16-17,25-27,31,38H,4,8-11,13,15,18-20H2,1-3H3/t25-,26-,27-,31+,33-,34-,35-/m0/s1. The minimum Gasteiger partial charge on any atom is -0.457 e. The monoisotopic (exact) mass is 683 g/mol. The molecule has 49 heavy (non-hydrogen) atoms. The minimum absolute atomic E-state index is 0.0110. The van der Waals surface area contributed by atoms with E-state index in [0.29, 0.717) is 24.8 Å². The van der Waals surface area contributed by atoms with Gasteiger partial charge < -0.3 is 28.9 Å². The summed E-state index contributed by atoms with van der Waals surface area (Å²) in [7, 11) is 0. The van der Waals surface area contributed by atoms with Gasteiger partial charge in [0.05, 0.1) is 25.6 Å². The van der Waals surface area contributed by atoms with Gasteiger partial charge in [-0.3, -0.25) is 19.2 Å². The number of aliphatic hydroxyl groups is 1. The molecule has 14 heteroatoms. The number of hydrogen-bond acceptors (Lipinski definition) is 13. The summed E-state index contributed by atoms with van der Waals surface area (Å²) in [6.07, 6.45) is 4.53. The summed E-state index contributed by atoms with van der Waals surface area (Å²) < 4.78 is 21.5. The van der Waals surface area contributed by atoms with Crippen LogP contribution in [0.4, 0.5) is 4.79 Å². The first-order valence-corrected chi connectivity index (χ1v) is 16.5. The van der Waals surface area contributed by atoms with Gasteiger partial charge in [-0.2, -0.15) is 0 Å². The van der Waals surface area contributed by atoms with Crippen molar-refractivity contribution < 1.29 is 58.0 Å². The summed E-state index contributed by atoms with van der Waals surface area (Å²) in [6, 6.07) is 5.92. The summed E-state index contributed by atoms with van der Waals surface area (Å²) in [5.74, 6) is -2.62. The normalized spacial score (nSPS) is 31.3. The lowest BCUT2D eigenvalue weighted by molar-refractivity contribution is -0.763. The molecule has 0 aromatic heterocycles. The number of rotatable bonds is 12. The maximum Gasteiger partial charge on any atom is 0.509 e. The van der Waals surface area contributed by atoms with E-state index in [9.17, 15) is 39.2 Å². The van der Waals surface area contributed by atoms with Gasteiger partial charge >= 0.3 is 18.1 Å². The summed E-state index contributed by atoms with van der Waals surface area (Å²) in [5, 5.41) is 21.2. The predicted molar refractivity (Wildman–Crippen MR) is 168 cm³/mol. The third-order valence-corrected chi connectivity index (χ3v) is 11.0. The largest absolute Gasteiger partial charge is 0.509 e. The first kappa shape index (κ1) is 35.7. The van der Waals surface area contributed by atoms with Gasteiger partial charge in [0.2, 0.25) is 5.78 Å². The number of carbonyl (C=O) groups is 5. The summed E-state index contributed by atoms with van der Waals surface area (Å²) in [5.41, 5.74) is -1.91. The smallest absolute Gasteiger partial charge is 0.457 e. The van der Waals surface area contributed by atoms with Crippen molar-refractivity contribution in [3.8, 4) is 5.75 Å². The van der Waals surface area contributed by atoms with Crippen molar-refractivity contribution in [1.82, 2.24) is 0 Å². The molecular weight excluding hydrogens is 642 g/mol. The summed E-state index contributed by atoms with van der Waals surface area (Å²) >= 11 is 0. The molecule has 4 aliphatic rings. The molecular formula is C35H41NO13. The Morgan fingerprint density at radius 2 is 1.84 bits per heavy atom. The molecule has 0 saturated heterocycles. The van der Waals surface area contributed by atoms with E-state index in [2.05, 4.69) is 4.84 Å². The minimum atomic E-state index is -1.74. The fraction of sp³-hybridized carbons (Fsp3) is 0.571. The lowest BCUT2D eigenvalue weighted by atomic mass is 9.46. The van der Waals surface area contributed by atoms with Crippen molar-refractivity contribution in [3.63, 3.8) is 0 Å². The van der Waals surface area contributed by atoms with Crippen LogP contribution in [0.15, 0.2) is 48.1 Å². The highest BCUT2D eigenvalue weighted by Crippen LogP contribution is 2.68. The molecule has 264 valence electrons. The Morgan fingerprint density at radius 3 is 2.57 bits per heavy atom. The average molecular weight is 684 g/mol. The number of esters is 2. The SMILES string of the molecule is CCOC(=O)O[C@]1(C(=O)COC(=O)CCC(=O)Oc2cccc(CO[N+](=O)[O-])c2)CC[C@H]2[C@@H]3CCC4=CC(=O)C=C[C@]4(C)[C@H]3[C@@H](O)C[C@@]21C. The van der Waals surface area contributed by atoms with E-state index in [1.54, 1.807) is 25.1 Å². The fourth-order valence-corrected chi connectivity index (χ4v) is 8.83. The van der Waals surface area contributed by atoms with E-state index in [-0.39, 0.29) is 61.8 Å². The van der Waals surface area contributed by atoms with E-state index in [4.69, 9.17) is 18.9 Å². The lowest BCUT2D eigenvalue weighted by Gasteiger charge is -2.59. The molecule has 1 aromatic rings. The van der Waals surface area contributed by atoms with Crippen LogP contribution >= 0.6 is 0 Å². The number of nitrogens with zero attached hydrogens (tertiary/aromatic N) is 1. The fourth-order valence-electron chi connectivity index (χ4n) is 8.83. The molecule has 0 spiro atoms. The van der Waals surface area contributed by atoms with Crippen molar-refractivity contribution in [3.05, 3.63) is 63.7 Å². The van der Waals surface area contributed by atoms with Gasteiger partial charge in [-0.1, -0.05) is 37.6 Å². The number of Topliss-reactive ketones (excluding diaryl/α,β-unsaturated/α-hetero) is 1. The van der Waals surface area contributed by atoms with Crippen LogP contribution in [0.3, 0.4) is 0 Å². The van der Waals surface area contributed by atoms with Crippen LogP contribution in [-0.4, -0.2) is 64.8 Å². The summed E-state index contributed by atoms with van der Waals surface area (Å²) in [4.78, 5) is 78.9. The highest BCUT2D eigenvalue weighted by molar-refractivity contribution is 6.01. The molecule has 0 bridgehead atoms. The van der Waals surface area contributed by atoms with Gasteiger partial charge in [-0.15, -0.1) is 10.1 Å². The molecule has 1 N–H and O–H groups in total. The average Bonchev–Trinajstić information content (AvgIpc) is 3.33. The Kier molecular flexibility index (Phi) is 10.3. The lowest BCUT2D eigenvalue weighted by Crippen LogP contribution is -2.63. The molecule has 0 radical (unpaired) electrons. The second-order valence-electron chi connectivity index (χ2n) is 13.6. The topological polar surface area (TPSA) is 195 Å². The first-order chi connectivity index (χ1) is 23.2. The molecule has 0 heterocycles. The molecule has 3 fully saturated rings. The zero-order valence-corrected chi connectivity index (χ0v) is 27.7. The predicted octanol–water partition coefficient (Wildman–Crippen LogP) is 4.38. The van der Waals surface area contributed by atoms with Crippen LogP contribution < -0.4 is 4.74 Å². The molecule has 7 atom stereocenters. The van der Waals surface area contributed by atoms with Gasteiger partial charge in [0.15, 0.2) is 18.0 Å². The third kappa shape index (κ3) is 6.96. The Bertz CT molecular complexity index is 1580. The van der Waals surface area contributed by atoms with Gasteiger partial charge in [-0.25, -0.2) is 4.79 Å². The number of hydrogen-bond donors (Lipinski definition) is 1. The van der Waals surface area contributed by atoms with Crippen LogP contribution in [0, 0.1) is 38.7 Å². The summed E-state index contributed by atoms with van der Waals surface area (Å²) in [6.45, 7) is 4.43. The zero-order chi connectivity index (χ0) is 35.6. The van der Waals surface area contributed by atoms with E-state index < -0.39 is 64.5 Å². The Morgan fingerprint density at radius 1 is 1.08 bits per heavy atom. The van der Waals surface area contributed by atoms with Gasteiger partial charge in [0.25, 0.3) is 5.09 Å². The quantitative estimate of drug-likeness (QED) is 0.141. The van der Waals surface area contributed by atoms with Crippen molar-refractivity contribution in [2.24, 2.45) is 28.6 Å². The zero-order valence-electron chi connectivity index (χ0n) is 27.7. The van der Waals surface area contributed by atoms with Crippen LogP contribution in [0.5, 0.6) is 5.75 Å². The molecule has 3 saturated carbocycles. The number of ketones is 2. The van der Waals surface area contributed by atoms with Crippen LogP contribution in [0.1, 0.15) is 71.3 Å². The van der Waals surface area contributed by atoms with Crippen molar-refractivity contribution in [2.45, 2.75) is 84.0 Å². The Labute approximate surface area is 282 Å². The third-order valence-electron chi connectivity index (χ3n) is 11.0. The number of aliphatic hydroxyl groups excluding tert-OH is 1.